The van der Waals surface area contributed by atoms with Crippen molar-refractivity contribution in [1.82, 2.24) is 15.5 Å². The van der Waals surface area contributed by atoms with E-state index in [1.54, 1.807) is 12.1 Å². The van der Waals surface area contributed by atoms with Gasteiger partial charge in [-0.25, -0.2) is 9.18 Å². The lowest BCUT2D eigenvalue weighted by molar-refractivity contribution is 0.185. The van der Waals surface area contributed by atoms with E-state index in [0.717, 1.165) is 23.6 Å². The van der Waals surface area contributed by atoms with Crippen LogP contribution in [0.1, 0.15) is 17.0 Å². The van der Waals surface area contributed by atoms with Crippen molar-refractivity contribution in [1.29, 1.82) is 0 Å². The van der Waals surface area contributed by atoms with Crippen LogP contribution in [0.15, 0.2) is 24.3 Å². The first-order valence-corrected chi connectivity index (χ1v) is 8.20. The van der Waals surface area contributed by atoms with Gasteiger partial charge in [-0.1, -0.05) is 23.5 Å². The number of halogens is 1. The van der Waals surface area contributed by atoms with Crippen LogP contribution in [0.4, 0.5) is 14.3 Å². The molecule has 0 spiro atoms. The van der Waals surface area contributed by atoms with Crippen LogP contribution in [-0.4, -0.2) is 36.0 Å². The van der Waals surface area contributed by atoms with Gasteiger partial charge < -0.3 is 10.1 Å². The van der Waals surface area contributed by atoms with Gasteiger partial charge in [0.25, 0.3) is 0 Å². The number of benzene rings is 1. The fourth-order valence-electron chi connectivity index (χ4n) is 2.28. The number of hydrogen-bond donors (Lipinski definition) is 2. The van der Waals surface area contributed by atoms with E-state index in [1.165, 1.54) is 23.5 Å². The van der Waals surface area contributed by atoms with Crippen LogP contribution >= 0.6 is 11.3 Å². The number of anilines is 1. The molecule has 0 saturated carbocycles. The lowest BCUT2D eigenvalue weighted by Gasteiger charge is -2.08. The predicted octanol–water partition coefficient (Wildman–Crippen LogP) is 2.43. The molecule has 122 valence electrons. The van der Waals surface area contributed by atoms with E-state index in [-0.39, 0.29) is 11.8 Å². The maximum Gasteiger partial charge on any atom is 0.321 e. The fourth-order valence-corrected chi connectivity index (χ4v) is 3.04. The molecule has 2 N–H and O–H groups in total. The minimum absolute atomic E-state index is 0.266. The lowest BCUT2D eigenvalue weighted by Crippen LogP contribution is -2.33. The van der Waals surface area contributed by atoms with Crippen molar-refractivity contribution in [2.45, 2.75) is 12.8 Å². The second-order valence-corrected chi connectivity index (χ2v) is 6.43. The third-order valence-corrected chi connectivity index (χ3v) is 4.37. The summed E-state index contributed by atoms with van der Waals surface area (Å²) in [6.07, 6.45) is 1.53. The van der Waals surface area contributed by atoms with Crippen molar-refractivity contribution < 1.29 is 13.9 Å². The Kier molecular flexibility index (Phi) is 5.14. The van der Waals surface area contributed by atoms with Gasteiger partial charge in [-0.15, -0.1) is 10.2 Å². The molecule has 0 bridgehead atoms. The second kappa shape index (κ2) is 7.47. The molecule has 23 heavy (non-hydrogen) atoms. The molecule has 1 saturated heterocycles. The average Bonchev–Trinajstić information content (AvgIpc) is 3.20. The summed E-state index contributed by atoms with van der Waals surface area (Å²) in [5.74, 6) is 0.113. The summed E-state index contributed by atoms with van der Waals surface area (Å²) in [7, 11) is 0. The zero-order chi connectivity index (χ0) is 16.1. The molecule has 1 fully saturated rings. The van der Waals surface area contributed by atoms with Crippen LogP contribution in [0.3, 0.4) is 0 Å². The predicted molar refractivity (Wildman–Crippen MR) is 85.1 cm³/mol. The second-order valence-electron chi connectivity index (χ2n) is 5.37. The van der Waals surface area contributed by atoms with Crippen LogP contribution in [0, 0.1) is 11.7 Å². The highest BCUT2D eigenvalue weighted by Crippen LogP contribution is 2.18. The van der Waals surface area contributed by atoms with Gasteiger partial charge in [-0.3, -0.25) is 5.32 Å². The first kappa shape index (κ1) is 15.8. The Balaban J connectivity index is 1.48. The SMILES string of the molecule is O=C(NC[C@H]1CCOC1)Nc1nnc(Cc2ccc(F)cc2)s1. The third kappa shape index (κ3) is 4.70. The molecule has 0 aliphatic carbocycles. The minimum Gasteiger partial charge on any atom is -0.381 e. The number of amides is 2. The monoisotopic (exact) mass is 336 g/mol. The smallest absolute Gasteiger partial charge is 0.321 e. The maximum atomic E-state index is 12.9. The number of nitrogens with zero attached hydrogens (tertiary/aromatic N) is 2. The lowest BCUT2D eigenvalue weighted by atomic mass is 10.1. The standard InChI is InChI=1S/C15H17FN4O2S/c16-12-3-1-10(2-4-12)7-13-19-20-15(23-13)18-14(21)17-8-11-5-6-22-9-11/h1-4,11H,5-9H2,(H2,17,18,20,21)/t11-/m1/s1. The summed E-state index contributed by atoms with van der Waals surface area (Å²) in [5.41, 5.74) is 0.944. The molecule has 3 rings (SSSR count). The molecule has 6 nitrogen and oxygen atoms in total. The summed E-state index contributed by atoms with van der Waals surface area (Å²) in [5, 5.41) is 14.7. The van der Waals surface area contributed by atoms with E-state index in [1.807, 2.05) is 0 Å². The highest BCUT2D eigenvalue weighted by atomic mass is 32.1. The van der Waals surface area contributed by atoms with Crippen molar-refractivity contribution in [3.8, 4) is 0 Å². The molecule has 8 heteroatoms. The molecule has 1 aliphatic heterocycles. The van der Waals surface area contributed by atoms with Gasteiger partial charge in [-0.05, 0) is 24.1 Å². The van der Waals surface area contributed by atoms with Crippen LogP contribution < -0.4 is 10.6 Å². The molecule has 0 unspecified atom stereocenters. The summed E-state index contributed by atoms with van der Waals surface area (Å²) < 4.78 is 18.1. The van der Waals surface area contributed by atoms with Crippen LogP contribution in [0.2, 0.25) is 0 Å². The quantitative estimate of drug-likeness (QED) is 0.879. The van der Waals surface area contributed by atoms with Crippen LogP contribution in [0.5, 0.6) is 0 Å². The molecule has 2 aromatic rings. The highest BCUT2D eigenvalue weighted by Gasteiger charge is 2.16. The molecule has 1 aliphatic rings. The van der Waals surface area contributed by atoms with Crippen LogP contribution in [0.25, 0.3) is 0 Å². The number of nitrogens with one attached hydrogen (secondary N) is 2. The van der Waals surface area contributed by atoms with E-state index in [0.29, 0.717) is 30.6 Å². The number of aromatic nitrogens is 2. The van der Waals surface area contributed by atoms with Gasteiger partial charge in [0.2, 0.25) is 5.13 Å². The van der Waals surface area contributed by atoms with E-state index in [4.69, 9.17) is 4.74 Å². The van der Waals surface area contributed by atoms with Crippen molar-refractivity contribution in [2.24, 2.45) is 5.92 Å². The zero-order valence-electron chi connectivity index (χ0n) is 12.4. The van der Waals surface area contributed by atoms with E-state index in [9.17, 15) is 9.18 Å². The number of ether oxygens (including phenoxy) is 1. The first-order valence-electron chi connectivity index (χ1n) is 7.38. The molecule has 1 aromatic carbocycles. The molecule has 1 atom stereocenters. The topological polar surface area (TPSA) is 76.1 Å². The average molecular weight is 336 g/mol. The number of hydrogen-bond acceptors (Lipinski definition) is 5. The van der Waals surface area contributed by atoms with Crippen molar-refractivity contribution in [3.63, 3.8) is 0 Å². The van der Waals surface area contributed by atoms with Crippen molar-refractivity contribution in [2.75, 3.05) is 25.1 Å². The van der Waals surface area contributed by atoms with E-state index in [2.05, 4.69) is 20.8 Å². The van der Waals surface area contributed by atoms with Gasteiger partial charge in [0.05, 0.1) is 6.61 Å². The Morgan fingerprint density at radius 2 is 2.17 bits per heavy atom. The normalized spacial score (nSPS) is 17.2. The Morgan fingerprint density at radius 1 is 1.35 bits per heavy atom. The largest absolute Gasteiger partial charge is 0.381 e. The maximum absolute atomic E-state index is 12.9. The number of rotatable bonds is 5. The van der Waals surface area contributed by atoms with E-state index < -0.39 is 0 Å². The van der Waals surface area contributed by atoms with Crippen molar-refractivity contribution in [3.05, 3.63) is 40.7 Å². The highest BCUT2D eigenvalue weighted by molar-refractivity contribution is 7.15. The summed E-state index contributed by atoms with van der Waals surface area (Å²) in [6, 6.07) is 5.95. The number of urea groups is 1. The number of carbonyl (C=O) groups is 1. The summed E-state index contributed by atoms with van der Waals surface area (Å²) >= 11 is 1.31. The number of carbonyl (C=O) groups excluding carboxylic acids is 1. The Bertz CT molecular complexity index is 656. The van der Waals surface area contributed by atoms with Gasteiger partial charge in [0.15, 0.2) is 0 Å². The van der Waals surface area contributed by atoms with E-state index >= 15 is 0 Å². The van der Waals surface area contributed by atoms with Gasteiger partial charge in [0.1, 0.15) is 10.8 Å². The van der Waals surface area contributed by atoms with Gasteiger partial charge in [0, 0.05) is 25.5 Å². The fraction of sp³-hybridized carbons (Fsp3) is 0.400. The van der Waals surface area contributed by atoms with Crippen LogP contribution in [-0.2, 0) is 11.2 Å². The Labute approximate surface area is 137 Å². The Hall–Kier alpha value is -2.06. The summed E-state index contributed by atoms with van der Waals surface area (Å²) in [4.78, 5) is 11.8. The van der Waals surface area contributed by atoms with Gasteiger partial charge in [-0.2, -0.15) is 0 Å². The molecule has 0 radical (unpaired) electrons. The first-order chi connectivity index (χ1) is 11.2. The molecule has 2 amide bonds. The zero-order valence-corrected chi connectivity index (χ0v) is 13.2. The Morgan fingerprint density at radius 3 is 2.91 bits per heavy atom. The molecule has 2 heterocycles. The van der Waals surface area contributed by atoms with Gasteiger partial charge >= 0.3 is 6.03 Å². The minimum atomic E-state index is -0.290. The molecular formula is C15H17FN4O2S. The summed E-state index contributed by atoms with van der Waals surface area (Å²) in [6.45, 7) is 2.05. The molecule has 1 aromatic heterocycles. The van der Waals surface area contributed by atoms with Crippen molar-refractivity contribution >= 4 is 22.5 Å². The molecular weight excluding hydrogens is 319 g/mol. The third-order valence-electron chi connectivity index (χ3n) is 3.53.